The van der Waals surface area contributed by atoms with Crippen LogP contribution in [0, 0.1) is 0 Å². The third-order valence-electron chi connectivity index (χ3n) is 3.53. The predicted octanol–water partition coefficient (Wildman–Crippen LogP) is 2.63. The maximum absolute atomic E-state index is 12.3. The molecule has 0 bridgehead atoms. The largest absolute Gasteiger partial charge is 0.447 e. The molecule has 0 aromatic carbocycles. The molecule has 0 unspecified atom stereocenters. The van der Waals surface area contributed by atoms with Gasteiger partial charge in [-0.2, -0.15) is 0 Å². The van der Waals surface area contributed by atoms with Crippen molar-refractivity contribution in [2.45, 2.75) is 70.7 Å². The molecule has 0 fully saturated rings. The van der Waals surface area contributed by atoms with E-state index in [9.17, 15) is 8.42 Å². The van der Waals surface area contributed by atoms with Gasteiger partial charge in [0.1, 0.15) is 5.76 Å². The van der Waals surface area contributed by atoms with Crippen molar-refractivity contribution in [2.24, 2.45) is 0 Å². The van der Waals surface area contributed by atoms with Gasteiger partial charge in [0.05, 0.1) is 6.54 Å². The van der Waals surface area contributed by atoms with Crippen LogP contribution in [0.25, 0.3) is 0 Å². The Balaban J connectivity index is 2.83. The van der Waals surface area contributed by atoms with Gasteiger partial charge in [0.15, 0.2) is 0 Å². The second-order valence-corrected chi connectivity index (χ2v) is 7.24. The minimum atomic E-state index is -3.60. The number of hydrogen-bond acceptors (Lipinski definition) is 4. The van der Waals surface area contributed by atoms with Crippen LogP contribution < -0.4 is 10.0 Å². The zero-order chi connectivity index (χ0) is 15.4. The molecule has 5 nitrogen and oxygen atoms in total. The van der Waals surface area contributed by atoms with Gasteiger partial charge in [0.25, 0.3) is 10.0 Å². The standard InChI is InChI=1S/C14H26N2O3S/c1-6-14(5,7-2)16-20(17,18)13-9-8-12(19-13)10-15-11(3)4/h8-9,11,15-16H,6-7,10H2,1-5H3. The molecule has 0 aliphatic carbocycles. The molecule has 116 valence electrons. The number of sulfonamides is 1. The molecule has 1 aromatic rings. The van der Waals surface area contributed by atoms with Crippen molar-refractivity contribution in [3.63, 3.8) is 0 Å². The molecule has 1 heterocycles. The van der Waals surface area contributed by atoms with Crippen molar-refractivity contribution in [3.8, 4) is 0 Å². The lowest BCUT2D eigenvalue weighted by Gasteiger charge is -2.27. The van der Waals surface area contributed by atoms with Crippen molar-refractivity contribution >= 4 is 10.0 Å². The Morgan fingerprint density at radius 2 is 1.85 bits per heavy atom. The summed E-state index contributed by atoms with van der Waals surface area (Å²) in [6, 6.07) is 3.52. The lowest BCUT2D eigenvalue weighted by Crippen LogP contribution is -2.44. The van der Waals surface area contributed by atoms with Crippen molar-refractivity contribution in [2.75, 3.05) is 0 Å². The summed E-state index contributed by atoms with van der Waals surface area (Å²) in [5.41, 5.74) is -0.442. The van der Waals surface area contributed by atoms with E-state index < -0.39 is 15.6 Å². The number of hydrogen-bond donors (Lipinski definition) is 2. The number of furan rings is 1. The minimum absolute atomic E-state index is 0.0221. The Hall–Kier alpha value is -0.850. The zero-order valence-corrected chi connectivity index (χ0v) is 13.8. The lowest BCUT2D eigenvalue weighted by atomic mass is 9.98. The molecule has 1 rings (SSSR count). The first-order chi connectivity index (χ1) is 9.22. The van der Waals surface area contributed by atoms with Crippen molar-refractivity contribution in [1.82, 2.24) is 10.0 Å². The van der Waals surface area contributed by atoms with Crippen LogP contribution >= 0.6 is 0 Å². The third kappa shape index (κ3) is 4.61. The van der Waals surface area contributed by atoms with E-state index >= 15 is 0 Å². The summed E-state index contributed by atoms with van der Waals surface area (Å²) >= 11 is 0. The van der Waals surface area contributed by atoms with Crippen LogP contribution in [0.4, 0.5) is 0 Å². The van der Waals surface area contributed by atoms with Gasteiger partial charge >= 0.3 is 0 Å². The van der Waals surface area contributed by atoms with Crippen LogP contribution in [-0.4, -0.2) is 20.0 Å². The average Bonchev–Trinajstić information content (AvgIpc) is 2.85. The highest BCUT2D eigenvalue weighted by atomic mass is 32.2. The quantitative estimate of drug-likeness (QED) is 0.774. The fourth-order valence-electron chi connectivity index (χ4n) is 1.67. The maximum atomic E-state index is 12.3. The van der Waals surface area contributed by atoms with Crippen molar-refractivity contribution in [3.05, 3.63) is 17.9 Å². The van der Waals surface area contributed by atoms with Crippen LogP contribution in [0.5, 0.6) is 0 Å². The van der Waals surface area contributed by atoms with Crippen LogP contribution in [0.3, 0.4) is 0 Å². The summed E-state index contributed by atoms with van der Waals surface area (Å²) in [5, 5.41) is 3.17. The second-order valence-electron chi connectivity index (χ2n) is 5.63. The molecule has 2 N–H and O–H groups in total. The smallest absolute Gasteiger partial charge is 0.274 e. The van der Waals surface area contributed by atoms with Gasteiger partial charge in [0, 0.05) is 11.6 Å². The Labute approximate surface area is 122 Å². The fraction of sp³-hybridized carbons (Fsp3) is 0.714. The molecule has 1 aromatic heterocycles. The first-order valence-corrected chi connectivity index (χ1v) is 8.57. The Morgan fingerprint density at radius 3 is 2.35 bits per heavy atom. The van der Waals surface area contributed by atoms with E-state index in [4.69, 9.17) is 4.42 Å². The normalized spacial score (nSPS) is 13.1. The summed E-state index contributed by atoms with van der Waals surface area (Å²) in [5.74, 6) is 0.619. The Morgan fingerprint density at radius 1 is 1.25 bits per heavy atom. The van der Waals surface area contributed by atoms with E-state index in [1.54, 1.807) is 6.07 Å². The lowest BCUT2D eigenvalue weighted by molar-refractivity contribution is 0.364. The molecule has 0 aliphatic heterocycles. The summed E-state index contributed by atoms with van der Waals surface area (Å²) in [6.07, 6.45) is 1.45. The first kappa shape index (κ1) is 17.2. The van der Waals surface area contributed by atoms with Crippen LogP contribution in [0.15, 0.2) is 21.6 Å². The summed E-state index contributed by atoms with van der Waals surface area (Å²) in [7, 11) is -3.60. The van der Waals surface area contributed by atoms with E-state index in [0.29, 0.717) is 18.3 Å². The van der Waals surface area contributed by atoms with Gasteiger partial charge in [-0.25, -0.2) is 13.1 Å². The van der Waals surface area contributed by atoms with Gasteiger partial charge in [-0.1, -0.05) is 27.7 Å². The zero-order valence-electron chi connectivity index (χ0n) is 13.0. The van der Waals surface area contributed by atoms with Gasteiger partial charge in [-0.05, 0) is 31.9 Å². The number of rotatable bonds is 8. The van der Waals surface area contributed by atoms with E-state index in [0.717, 1.165) is 12.8 Å². The minimum Gasteiger partial charge on any atom is -0.447 e. The highest BCUT2D eigenvalue weighted by Gasteiger charge is 2.29. The molecular weight excluding hydrogens is 276 g/mol. The van der Waals surface area contributed by atoms with Crippen LogP contribution in [0.2, 0.25) is 0 Å². The molecule has 0 saturated carbocycles. The second kappa shape index (κ2) is 6.74. The molecule has 20 heavy (non-hydrogen) atoms. The molecular formula is C14H26N2O3S. The highest BCUT2D eigenvalue weighted by molar-refractivity contribution is 7.89. The summed E-state index contributed by atoms with van der Waals surface area (Å²) < 4.78 is 32.7. The van der Waals surface area contributed by atoms with E-state index in [2.05, 4.69) is 10.0 Å². The summed E-state index contributed by atoms with van der Waals surface area (Å²) in [6.45, 7) is 10.4. The molecule has 0 spiro atoms. The summed E-state index contributed by atoms with van der Waals surface area (Å²) in [4.78, 5) is 0. The molecule has 0 aliphatic rings. The predicted molar refractivity (Wildman–Crippen MR) is 80.0 cm³/mol. The topological polar surface area (TPSA) is 71.3 Å². The molecule has 0 atom stereocenters. The molecule has 0 saturated heterocycles. The maximum Gasteiger partial charge on any atom is 0.274 e. The van der Waals surface area contributed by atoms with Gasteiger partial charge in [-0.15, -0.1) is 0 Å². The van der Waals surface area contributed by atoms with E-state index in [1.807, 2.05) is 34.6 Å². The van der Waals surface area contributed by atoms with Gasteiger partial charge < -0.3 is 9.73 Å². The van der Waals surface area contributed by atoms with Gasteiger partial charge in [-0.3, -0.25) is 0 Å². The van der Waals surface area contributed by atoms with Crippen LogP contribution in [0.1, 0.15) is 53.2 Å². The van der Waals surface area contributed by atoms with E-state index in [-0.39, 0.29) is 5.09 Å². The molecule has 0 amide bonds. The molecule has 6 heteroatoms. The Kier molecular flexibility index (Phi) is 5.79. The fourth-order valence-corrected chi connectivity index (χ4v) is 3.17. The highest BCUT2D eigenvalue weighted by Crippen LogP contribution is 2.20. The third-order valence-corrected chi connectivity index (χ3v) is 5.04. The van der Waals surface area contributed by atoms with E-state index in [1.165, 1.54) is 6.07 Å². The van der Waals surface area contributed by atoms with Crippen molar-refractivity contribution < 1.29 is 12.8 Å². The monoisotopic (exact) mass is 302 g/mol. The first-order valence-electron chi connectivity index (χ1n) is 7.08. The number of nitrogens with one attached hydrogen (secondary N) is 2. The average molecular weight is 302 g/mol. The molecule has 0 radical (unpaired) electrons. The van der Waals surface area contributed by atoms with Crippen molar-refractivity contribution in [1.29, 1.82) is 0 Å². The Bertz CT molecular complexity index is 516. The van der Waals surface area contributed by atoms with Gasteiger partial charge in [0.2, 0.25) is 5.09 Å². The van der Waals surface area contributed by atoms with Crippen LogP contribution in [-0.2, 0) is 16.6 Å². The SMILES string of the molecule is CCC(C)(CC)NS(=O)(=O)c1ccc(CNC(C)C)o1.